The van der Waals surface area contributed by atoms with E-state index < -0.39 is 17.6 Å². The fourth-order valence-corrected chi connectivity index (χ4v) is 4.72. The average Bonchev–Trinajstić information content (AvgIpc) is 3.37. The predicted octanol–water partition coefficient (Wildman–Crippen LogP) is 5.33. The summed E-state index contributed by atoms with van der Waals surface area (Å²) in [5.41, 5.74) is 2.03. The molecule has 0 radical (unpaired) electrons. The smallest absolute Gasteiger partial charge is 0.419 e. The van der Waals surface area contributed by atoms with Gasteiger partial charge in [0.1, 0.15) is 11.9 Å². The normalized spacial score (nSPS) is 14.7. The number of hydrogen-bond donors (Lipinski definition) is 3. The van der Waals surface area contributed by atoms with Crippen LogP contribution >= 0.6 is 0 Å². The number of rotatable bonds is 6. The lowest BCUT2D eigenvalue weighted by Crippen LogP contribution is -2.36. The Hall–Kier alpha value is -4.38. The zero-order valence-electron chi connectivity index (χ0n) is 21.9. The molecule has 40 heavy (non-hydrogen) atoms. The van der Waals surface area contributed by atoms with Crippen molar-refractivity contribution in [1.82, 2.24) is 20.4 Å². The van der Waals surface area contributed by atoms with Gasteiger partial charge in [0, 0.05) is 36.8 Å². The van der Waals surface area contributed by atoms with Gasteiger partial charge >= 0.3 is 6.18 Å². The van der Waals surface area contributed by atoms with Gasteiger partial charge in [0.25, 0.3) is 11.8 Å². The van der Waals surface area contributed by atoms with Gasteiger partial charge in [-0.1, -0.05) is 18.2 Å². The number of amides is 2. The van der Waals surface area contributed by atoms with Gasteiger partial charge < -0.3 is 20.3 Å². The molecular formula is C29H28F3N5O3. The van der Waals surface area contributed by atoms with Crippen LogP contribution in [0.5, 0.6) is 5.75 Å². The number of aromatic amines is 1. The third-order valence-electron chi connectivity index (χ3n) is 6.99. The van der Waals surface area contributed by atoms with Crippen molar-refractivity contribution < 1.29 is 27.5 Å². The second kappa shape index (κ2) is 11.0. The molecule has 1 saturated heterocycles. The van der Waals surface area contributed by atoms with Gasteiger partial charge in [0.05, 0.1) is 11.1 Å². The molecule has 11 heteroatoms. The molecule has 1 fully saturated rings. The largest absolute Gasteiger partial charge is 0.490 e. The van der Waals surface area contributed by atoms with Crippen LogP contribution < -0.4 is 15.4 Å². The van der Waals surface area contributed by atoms with Gasteiger partial charge in [-0.15, -0.1) is 0 Å². The Morgan fingerprint density at radius 1 is 0.975 bits per heavy atom. The minimum absolute atomic E-state index is 0.122. The number of anilines is 1. The molecule has 3 N–H and O–H groups in total. The number of likely N-dealkylation sites (tertiary alicyclic amines) is 1. The third-order valence-corrected chi connectivity index (χ3v) is 6.99. The number of halogens is 3. The van der Waals surface area contributed by atoms with Crippen molar-refractivity contribution in [2.45, 2.75) is 25.1 Å². The number of carbonyl (C=O) groups is 2. The number of ether oxygens (including phenoxy) is 1. The zero-order valence-corrected chi connectivity index (χ0v) is 21.9. The fourth-order valence-electron chi connectivity index (χ4n) is 4.72. The van der Waals surface area contributed by atoms with Crippen LogP contribution in [0.1, 0.15) is 39.3 Å². The molecule has 2 heterocycles. The lowest BCUT2D eigenvalue weighted by Gasteiger charge is -2.30. The Kier molecular flexibility index (Phi) is 7.49. The van der Waals surface area contributed by atoms with Crippen LogP contribution in [0.2, 0.25) is 0 Å². The highest BCUT2D eigenvalue weighted by Gasteiger charge is 2.36. The first kappa shape index (κ1) is 27.2. The number of carbonyl (C=O) groups excluding carboxylic acids is 2. The molecular weight excluding hydrogens is 523 g/mol. The SMILES string of the molecule is CNC(=O)c1n[nH]c2cc(-c3ccc(NC(=O)c4ccc(OC5CCN(C)CC5)c(C(F)(F)F)c4)cc3)ccc12. The minimum Gasteiger partial charge on any atom is -0.490 e. The molecule has 0 spiro atoms. The quantitative estimate of drug-likeness (QED) is 0.301. The van der Waals surface area contributed by atoms with Crippen molar-refractivity contribution >= 4 is 28.4 Å². The van der Waals surface area contributed by atoms with Gasteiger partial charge in [-0.2, -0.15) is 18.3 Å². The van der Waals surface area contributed by atoms with E-state index in [4.69, 9.17) is 4.74 Å². The summed E-state index contributed by atoms with van der Waals surface area (Å²) in [6, 6.07) is 15.8. The first-order valence-corrected chi connectivity index (χ1v) is 12.8. The lowest BCUT2D eigenvalue weighted by atomic mass is 10.0. The number of fused-ring (bicyclic) bond motifs is 1. The van der Waals surface area contributed by atoms with Crippen LogP contribution in [-0.2, 0) is 6.18 Å². The van der Waals surface area contributed by atoms with E-state index in [1.54, 1.807) is 30.3 Å². The van der Waals surface area contributed by atoms with Crippen molar-refractivity contribution in [3.63, 3.8) is 0 Å². The van der Waals surface area contributed by atoms with Crippen LogP contribution in [0.15, 0.2) is 60.7 Å². The Morgan fingerprint density at radius 3 is 2.35 bits per heavy atom. The topological polar surface area (TPSA) is 99.3 Å². The molecule has 0 bridgehead atoms. The summed E-state index contributed by atoms with van der Waals surface area (Å²) < 4.78 is 47.3. The monoisotopic (exact) mass is 551 g/mol. The first-order chi connectivity index (χ1) is 19.1. The summed E-state index contributed by atoms with van der Waals surface area (Å²) in [6.07, 6.45) is -3.70. The van der Waals surface area contributed by atoms with Gasteiger partial charge in [-0.3, -0.25) is 14.7 Å². The summed E-state index contributed by atoms with van der Waals surface area (Å²) in [4.78, 5) is 26.9. The van der Waals surface area contributed by atoms with E-state index in [9.17, 15) is 22.8 Å². The van der Waals surface area contributed by atoms with Crippen molar-refractivity contribution in [1.29, 1.82) is 0 Å². The Bertz CT molecular complexity index is 1540. The molecule has 8 nitrogen and oxygen atoms in total. The Balaban J connectivity index is 1.30. The van der Waals surface area contributed by atoms with Crippen LogP contribution in [0.25, 0.3) is 22.0 Å². The van der Waals surface area contributed by atoms with Crippen LogP contribution in [0.3, 0.4) is 0 Å². The van der Waals surface area contributed by atoms with Crippen molar-refractivity contribution in [3.8, 4) is 16.9 Å². The zero-order chi connectivity index (χ0) is 28.4. The highest BCUT2D eigenvalue weighted by atomic mass is 19.4. The molecule has 1 aromatic heterocycles. The van der Waals surface area contributed by atoms with Crippen LogP contribution in [0, 0.1) is 0 Å². The van der Waals surface area contributed by atoms with E-state index in [2.05, 4.69) is 25.7 Å². The van der Waals surface area contributed by atoms with E-state index in [0.29, 0.717) is 35.1 Å². The van der Waals surface area contributed by atoms with E-state index in [-0.39, 0.29) is 23.3 Å². The number of aromatic nitrogens is 2. The molecule has 0 saturated carbocycles. The van der Waals surface area contributed by atoms with Crippen molar-refractivity contribution in [3.05, 3.63) is 77.5 Å². The maximum Gasteiger partial charge on any atom is 0.419 e. The van der Waals surface area contributed by atoms with Gasteiger partial charge in [0.15, 0.2) is 5.69 Å². The summed E-state index contributed by atoms with van der Waals surface area (Å²) in [5.74, 6) is -1.22. The molecule has 5 rings (SSSR count). The maximum absolute atomic E-state index is 13.9. The Labute approximate surface area is 228 Å². The van der Waals surface area contributed by atoms with Gasteiger partial charge in [0.2, 0.25) is 0 Å². The summed E-state index contributed by atoms with van der Waals surface area (Å²) >= 11 is 0. The second-order valence-corrected chi connectivity index (χ2v) is 9.77. The highest BCUT2D eigenvalue weighted by molar-refractivity contribution is 6.06. The van der Waals surface area contributed by atoms with Gasteiger partial charge in [-0.25, -0.2) is 0 Å². The molecule has 3 aromatic carbocycles. The van der Waals surface area contributed by atoms with Crippen molar-refractivity contribution in [2.24, 2.45) is 0 Å². The molecule has 2 amide bonds. The summed E-state index contributed by atoms with van der Waals surface area (Å²) in [7, 11) is 3.50. The minimum atomic E-state index is -4.67. The van der Waals surface area contributed by atoms with Gasteiger partial charge in [-0.05, 0) is 73.5 Å². The average molecular weight is 552 g/mol. The molecule has 0 unspecified atom stereocenters. The van der Waals surface area contributed by atoms with E-state index in [1.165, 1.54) is 19.2 Å². The van der Waals surface area contributed by atoms with E-state index in [0.717, 1.165) is 30.3 Å². The Morgan fingerprint density at radius 2 is 1.68 bits per heavy atom. The summed E-state index contributed by atoms with van der Waals surface area (Å²) in [5, 5.41) is 12.8. The highest BCUT2D eigenvalue weighted by Crippen LogP contribution is 2.38. The molecule has 1 aliphatic heterocycles. The molecule has 0 atom stereocenters. The predicted molar refractivity (Wildman–Crippen MR) is 145 cm³/mol. The molecule has 4 aromatic rings. The maximum atomic E-state index is 13.9. The molecule has 1 aliphatic rings. The summed E-state index contributed by atoms with van der Waals surface area (Å²) in [6.45, 7) is 1.50. The number of hydrogen-bond acceptors (Lipinski definition) is 5. The molecule has 0 aliphatic carbocycles. The number of nitrogens with one attached hydrogen (secondary N) is 3. The fraction of sp³-hybridized carbons (Fsp3) is 0.276. The number of H-pyrrole nitrogens is 1. The number of benzene rings is 3. The second-order valence-electron chi connectivity index (χ2n) is 9.77. The number of alkyl halides is 3. The van der Waals surface area contributed by atoms with Crippen LogP contribution in [0.4, 0.5) is 18.9 Å². The van der Waals surface area contributed by atoms with Crippen LogP contribution in [-0.4, -0.2) is 60.2 Å². The number of nitrogens with zero attached hydrogens (tertiary/aromatic N) is 2. The third kappa shape index (κ3) is 5.79. The standard InChI is InChI=1S/C29H28F3N5O3/c1-33-28(39)26-22-9-5-18(16-24(22)35-36-26)17-3-7-20(8-4-17)34-27(38)19-6-10-25(23(15-19)29(30,31)32)40-21-11-13-37(2)14-12-21/h3-10,15-16,21H,11-14H2,1-2H3,(H,33,39)(H,34,38)(H,35,36). The molecule has 208 valence electrons. The van der Waals surface area contributed by atoms with Crippen molar-refractivity contribution in [2.75, 3.05) is 32.5 Å². The van der Waals surface area contributed by atoms with E-state index in [1.807, 2.05) is 19.2 Å². The first-order valence-electron chi connectivity index (χ1n) is 12.8. The number of piperidine rings is 1. The van der Waals surface area contributed by atoms with E-state index >= 15 is 0 Å². The lowest BCUT2D eigenvalue weighted by molar-refractivity contribution is -0.139.